The van der Waals surface area contributed by atoms with Gasteiger partial charge in [-0.15, -0.1) is 0 Å². The van der Waals surface area contributed by atoms with Gasteiger partial charge < -0.3 is 15.3 Å². The highest BCUT2D eigenvalue weighted by atomic mass is 19.1. The summed E-state index contributed by atoms with van der Waals surface area (Å²) in [5.41, 5.74) is 3.44. The zero-order valence-corrected chi connectivity index (χ0v) is 14.6. The number of anilines is 1. The molecule has 0 fully saturated rings. The van der Waals surface area contributed by atoms with Crippen molar-refractivity contribution in [3.05, 3.63) is 52.5 Å². The number of fused-ring (bicyclic) bond motifs is 2. The lowest BCUT2D eigenvalue weighted by molar-refractivity contribution is -0.132. The Morgan fingerprint density at radius 2 is 2.15 bits per heavy atom. The smallest absolute Gasteiger partial charge is 0.223 e. The molecule has 2 aliphatic rings. The molecule has 136 valence electrons. The van der Waals surface area contributed by atoms with E-state index in [9.17, 15) is 14.3 Å². The van der Waals surface area contributed by atoms with Crippen molar-refractivity contribution in [1.29, 1.82) is 0 Å². The van der Waals surface area contributed by atoms with E-state index in [1.807, 2.05) is 6.07 Å². The minimum Gasteiger partial charge on any atom is -0.508 e. The number of halogens is 1. The maximum absolute atomic E-state index is 14.1. The van der Waals surface area contributed by atoms with Crippen LogP contribution in [0.3, 0.4) is 0 Å². The molecule has 1 amide bonds. The van der Waals surface area contributed by atoms with Crippen LogP contribution in [-0.4, -0.2) is 34.0 Å². The molecule has 1 aromatic carbocycles. The predicted molar refractivity (Wildman–Crippen MR) is 96.6 cm³/mol. The van der Waals surface area contributed by atoms with Crippen molar-refractivity contribution in [1.82, 2.24) is 9.88 Å². The van der Waals surface area contributed by atoms with Crippen LogP contribution in [0.25, 0.3) is 0 Å². The molecule has 0 saturated heterocycles. The van der Waals surface area contributed by atoms with E-state index < -0.39 is 5.82 Å². The third kappa shape index (κ3) is 3.36. The van der Waals surface area contributed by atoms with Crippen molar-refractivity contribution < 1.29 is 14.3 Å². The second-order valence-corrected chi connectivity index (χ2v) is 6.97. The van der Waals surface area contributed by atoms with Crippen LogP contribution in [0.2, 0.25) is 0 Å². The number of rotatable bonds is 3. The predicted octanol–water partition coefficient (Wildman–Crippen LogP) is 2.80. The Kier molecular flexibility index (Phi) is 4.49. The van der Waals surface area contributed by atoms with Crippen LogP contribution in [0.15, 0.2) is 24.3 Å². The molecule has 4 rings (SSSR count). The van der Waals surface area contributed by atoms with E-state index in [2.05, 4.69) is 16.4 Å². The number of pyridine rings is 1. The minimum absolute atomic E-state index is 0.00982. The highest BCUT2D eigenvalue weighted by Crippen LogP contribution is 2.27. The largest absolute Gasteiger partial charge is 0.508 e. The van der Waals surface area contributed by atoms with Crippen LogP contribution < -0.4 is 5.32 Å². The first-order chi connectivity index (χ1) is 12.6. The van der Waals surface area contributed by atoms with Gasteiger partial charge in [-0.2, -0.15) is 0 Å². The number of benzene rings is 1. The second-order valence-electron chi connectivity index (χ2n) is 6.97. The molecule has 1 aromatic heterocycles. The highest BCUT2D eigenvalue weighted by Gasteiger charge is 2.23. The van der Waals surface area contributed by atoms with Gasteiger partial charge >= 0.3 is 0 Å². The Bertz CT molecular complexity index is 853. The molecule has 26 heavy (non-hydrogen) atoms. The minimum atomic E-state index is -0.445. The second kappa shape index (κ2) is 6.94. The highest BCUT2D eigenvalue weighted by molar-refractivity contribution is 5.76. The number of carbonyl (C=O) groups is 1. The van der Waals surface area contributed by atoms with E-state index in [1.54, 1.807) is 11.0 Å². The van der Waals surface area contributed by atoms with Gasteiger partial charge in [0, 0.05) is 43.4 Å². The molecule has 2 N–H and O–H groups in total. The number of phenolic OH excluding ortho intramolecular Hbond substituents is 1. The number of phenols is 1. The number of hydrogen-bond acceptors (Lipinski definition) is 4. The number of amides is 1. The zero-order chi connectivity index (χ0) is 18.1. The summed E-state index contributed by atoms with van der Waals surface area (Å²) in [6, 6.07) is 6.78. The van der Waals surface area contributed by atoms with Gasteiger partial charge in [-0.05, 0) is 48.9 Å². The number of aromatic nitrogens is 1. The number of carbonyl (C=O) groups excluding carboxylic acids is 1. The van der Waals surface area contributed by atoms with Crippen LogP contribution in [0.4, 0.5) is 10.2 Å². The molecule has 3 heterocycles. The molecule has 0 bridgehead atoms. The van der Waals surface area contributed by atoms with Gasteiger partial charge in [0.1, 0.15) is 17.4 Å². The fourth-order valence-corrected chi connectivity index (χ4v) is 3.72. The number of aromatic hydroxyl groups is 1. The Labute approximate surface area is 151 Å². The monoisotopic (exact) mass is 355 g/mol. The van der Waals surface area contributed by atoms with Crippen molar-refractivity contribution in [3.63, 3.8) is 0 Å². The standard InChI is InChI=1S/C20H22FN3O2/c21-18-11-16(25)10-14-7-9-24(12-17(14)18)19(26)6-5-15-4-3-13-2-1-8-22-20(13)23-15/h3-4,10-11,25H,1-2,5-9,12H2,(H,22,23). The third-order valence-corrected chi connectivity index (χ3v) is 5.17. The summed E-state index contributed by atoms with van der Waals surface area (Å²) in [5.74, 6) is 0.443. The van der Waals surface area contributed by atoms with Gasteiger partial charge in [-0.25, -0.2) is 9.37 Å². The summed E-state index contributed by atoms with van der Waals surface area (Å²) in [7, 11) is 0. The van der Waals surface area contributed by atoms with Crippen molar-refractivity contribution in [2.24, 2.45) is 0 Å². The van der Waals surface area contributed by atoms with Crippen molar-refractivity contribution >= 4 is 11.7 Å². The van der Waals surface area contributed by atoms with E-state index in [-0.39, 0.29) is 18.2 Å². The quantitative estimate of drug-likeness (QED) is 0.889. The van der Waals surface area contributed by atoms with Crippen molar-refractivity contribution in [2.75, 3.05) is 18.4 Å². The van der Waals surface area contributed by atoms with Crippen LogP contribution in [0.1, 0.15) is 35.2 Å². The van der Waals surface area contributed by atoms with E-state index in [1.165, 1.54) is 5.56 Å². The summed E-state index contributed by atoms with van der Waals surface area (Å²) >= 11 is 0. The molecular weight excluding hydrogens is 333 g/mol. The lowest BCUT2D eigenvalue weighted by Gasteiger charge is -2.29. The molecule has 0 aliphatic carbocycles. The molecule has 0 atom stereocenters. The van der Waals surface area contributed by atoms with Crippen LogP contribution in [-0.2, 0) is 30.6 Å². The van der Waals surface area contributed by atoms with Gasteiger partial charge in [0.25, 0.3) is 0 Å². The summed E-state index contributed by atoms with van der Waals surface area (Å²) in [6.07, 6.45) is 3.67. The number of aryl methyl sites for hydroxylation is 2. The topological polar surface area (TPSA) is 65.5 Å². The summed E-state index contributed by atoms with van der Waals surface area (Å²) in [5, 5.41) is 12.8. The molecule has 5 nitrogen and oxygen atoms in total. The fourth-order valence-electron chi connectivity index (χ4n) is 3.72. The Hall–Kier alpha value is -2.63. The Balaban J connectivity index is 1.40. The first-order valence-electron chi connectivity index (χ1n) is 9.11. The Morgan fingerprint density at radius 3 is 3.04 bits per heavy atom. The first kappa shape index (κ1) is 16.8. The Morgan fingerprint density at radius 1 is 1.27 bits per heavy atom. The third-order valence-electron chi connectivity index (χ3n) is 5.17. The average molecular weight is 355 g/mol. The number of hydrogen-bond donors (Lipinski definition) is 2. The fraction of sp³-hybridized carbons (Fsp3) is 0.400. The summed E-state index contributed by atoms with van der Waals surface area (Å²) in [4.78, 5) is 18.9. The van der Waals surface area contributed by atoms with Crippen molar-refractivity contribution in [2.45, 2.75) is 38.6 Å². The number of nitrogens with zero attached hydrogens (tertiary/aromatic N) is 2. The van der Waals surface area contributed by atoms with Gasteiger partial charge in [0.05, 0.1) is 0 Å². The van der Waals surface area contributed by atoms with Crippen molar-refractivity contribution in [3.8, 4) is 5.75 Å². The normalized spacial score (nSPS) is 15.8. The molecule has 0 radical (unpaired) electrons. The van der Waals surface area contributed by atoms with Crippen LogP contribution in [0.5, 0.6) is 5.75 Å². The van der Waals surface area contributed by atoms with Crippen LogP contribution >= 0.6 is 0 Å². The van der Waals surface area contributed by atoms with Gasteiger partial charge in [-0.1, -0.05) is 6.07 Å². The first-order valence-corrected chi connectivity index (χ1v) is 9.11. The molecule has 0 unspecified atom stereocenters. The molecule has 0 spiro atoms. The van der Waals surface area contributed by atoms with Gasteiger partial charge in [0.2, 0.25) is 5.91 Å². The molecule has 2 aromatic rings. The van der Waals surface area contributed by atoms with E-state index in [0.29, 0.717) is 31.4 Å². The summed E-state index contributed by atoms with van der Waals surface area (Å²) < 4.78 is 14.1. The zero-order valence-electron chi connectivity index (χ0n) is 14.6. The number of nitrogens with one attached hydrogen (secondary N) is 1. The van der Waals surface area contributed by atoms with E-state index >= 15 is 0 Å². The molecule has 0 saturated carbocycles. The van der Waals surface area contributed by atoms with Gasteiger partial charge in [-0.3, -0.25) is 4.79 Å². The average Bonchev–Trinajstić information content (AvgIpc) is 2.65. The summed E-state index contributed by atoms with van der Waals surface area (Å²) in [6.45, 7) is 1.75. The molecule has 6 heteroatoms. The van der Waals surface area contributed by atoms with Gasteiger partial charge in [0.15, 0.2) is 0 Å². The van der Waals surface area contributed by atoms with E-state index in [0.717, 1.165) is 42.5 Å². The molecular formula is C20H22FN3O2. The lowest BCUT2D eigenvalue weighted by Crippen LogP contribution is -2.36. The SMILES string of the molecule is O=C(CCc1ccc2c(n1)NCCC2)N1CCc2cc(O)cc(F)c2C1. The van der Waals surface area contributed by atoms with E-state index in [4.69, 9.17) is 0 Å². The maximum Gasteiger partial charge on any atom is 0.223 e. The molecule has 2 aliphatic heterocycles. The van der Waals surface area contributed by atoms with Crippen LogP contribution in [0, 0.1) is 5.82 Å². The maximum atomic E-state index is 14.1. The lowest BCUT2D eigenvalue weighted by atomic mass is 9.98.